The Morgan fingerprint density at radius 1 is 1.33 bits per heavy atom. The van der Waals surface area contributed by atoms with E-state index in [1.54, 1.807) is 0 Å². The Labute approximate surface area is 162 Å². The zero-order chi connectivity index (χ0) is 19.2. The summed E-state index contributed by atoms with van der Waals surface area (Å²) in [5.74, 6) is -1.16. The van der Waals surface area contributed by atoms with Crippen molar-refractivity contribution >= 4 is 23.5 Å². The van der Waals surface area contributed by atoms with Gasteiger partial charge in [-0.05, 0) is 50.2 Å². The van der Waals surface area contributed by atoms with Crippen LogP contribution in [0.1, 0.15) is 43.9 Å². The van der Waals surface area contributed by atoms with Crippen LogP contribution in [-0.2, 0) is 21.9 Å². The lowest BCUT2D eigenvalue weighted by Crippen LogP contribution is -2.56. The van der Waals surface area contributed by atoms with E-state index >= 15 is 0 Å². The quantitative estimate of drug-likeness (QED) is 0.429. The number of hydrogen-bond donors (Lipinski definition) is 0. The fourth-order valence-electron chi connectivity index (χ4n) is 4.85. The second kappa shape index (κ2) is 7.18. The monoisotopic (exact) mass is 397 g/mol. The Hall–Kier alpha value is -1.44. The van der Waals surface area contributed by atoms with Gasteiger partial charge in [0.2, 0.25) is 0 Å². The highest BCUT2D eigenvalue weighted by Crippen LogP contribution is 2.50. The molecule has 2 saturated heterocycles. The minimum atomic E-state index is -2.87. The molecule has 5 rings (SSSR count). The van der Waals surface area contributed by atoms with Crippen molar-refractivity contribution in [3.63, 3.8) is 0 Å². The number of esters is 1. The van der Waals surface area contributed by atoms with Gasteiger partial charge in [0, 0.05) is 31.5 Å². The van der Waals surface area contributed by atoms with Gasteiger partial charge in [-0.15, -0.1) is 0 Å². The summed E-state index contributed by atoms with van der Waals surface area (Å²) < 4.78 is 34.0. The molecule has 0 aromatic carbocycles. The minimum Gasteiger partial charge on any atom is -0.466 e. The van der Waals surface area contributed by atoms with Crippen LogP contribution in [0.15, 0.2) is 5.16 Å². The van der Waals surface area contributed by atoms with Gasteiger partial charge >= 0.3 is 5.97 Å². The first-order chi connectivity index (χ1) is 12.9. The van der Waals surface area contributed by atoms with Crippen molar-refractivity contribution in [2.75, 3.05) is 30.9 Å². The van der Waals surface area contributed by atoms with Gasteiger partial charge < -0.3 is 9.64 Å². The second-order valence-corrected chi connectivity index (χ2v) is 8.53. The molecule has 2 aliphatic carbocycles. The summed E-state index contributed by atoms with van der Waals surface area (Å²) in [5.41, 5.74) is 0.540. The zero-order valence-corrected chi connectivity index (χ0v) is 16.5. The van der Waals surface area contributed by atoms with Crippen LogP contribution in [0.3, 0.4) is 0 Å². The number of piperidine rings is 2. The van der Waals surface area contributed by atoms with Gasteiger partial charge in [0.15, 0.2) is 5.16 Å². The largest absolute Gasteiger partial charge is 0.466 e. The van der Waals surface area contributed by atoms with Crippen LogP contribution >= 0.6 is 11.8 Å². The highest BCUT2D eigenvalue weighted by molar-refractivity contribution is 7.98. The van der Waals surface area contributed by atoms with E-state index in [4.69, 9.17) is 4.74 Å². The van der Waals surface area contributed by atoms with Gasteiger partial charge in [-0.1, -0.05) is 11.8 Å². The highest BCUT2D eigenvalue weighted by Gasteiger charge is 2.49. The Kier molecular flexibility index (Phi) is 5.03. The molecule has 0 N–H and O–H groups in total. The normalized spacial score (nSPS) is 28.3. The maximum absolute atomic E-state index is 14.5. The Balaban J connectivity index is 1.56. The lowest BCUT2D eigenvalue weighted by molar-refractivity contribution is -0.147. The van der Waals surface area contributed by atoms with E-state index in [-0.39, 0.29) is 18.1 Å². The van der Waals surface area contributed by atoms with Crippen molar-refractivity contribution in [2.45, 2.75) is 50.1 Å². The van der Waals surface area contributed by atoms with E-state index in [9.17, 15) is 13.6 Å². The average molecular weight is 397 g/mol. The van der Waals surface area contributed by atoms with Gasteiger partial charge in [-0.3, -0.25) is 4.79 Å². The summed E-state index contributed by atoms with van der Waals surface area (Å²) in [6, 6.07) is 0. The molecule has 2 aliphatic heterocycles. The van der Waals surface area contributed by atoms with Crippen molar-refractivity contribution in [3.8, 4) is 0 Å². The third-order valence-corrected chi connectivity index (χ3v) is 6.69. The third kappa shape index (κ3) is 3.41. The summed E-state index contributed by atoms with van der Waals surface area (Å²) in [6.07, 6.45) is 4.30. The van der Waals surface area contributed by atoms with Gasteiger partial charge in [0.25, 0.3) is 5.92 Å². The Morgan fingerprint density at radius 3 is 2.74 bits per heavy atom. The molecule has 3 fully saturated rings. The molecule has 148 valence electrons. The number of ether oxygens (including phenoxy) is 1. The molecule has 2 atom stereocenters. The van der Waals surface area contributed by atoms with Gasteiger partial charge in [0.1, 0.15) is 11.5 Å². The number of alkyl halides is 2. The predicted molar refractivity (Wildman–Crippen MR) is 99.2 cm³/mol. The maximum Gasteiger partial charge on any atom is 0.306 e. The van der Waals surface area contributed by atoms with E-state index < -0.39 is 5.92 Å². The maximum atomic E-state index is 14.5. The molecule has 1 aromatic rings. The lowest BCUT2D eigenvalue weighted by Gasteiger charge is -2.54. The van der Waals surface area contributed by atoms with Crippen LogP contribution in [0, 0.1) is 17.8 Å². The molecular weight excluding hydrogens is 372 g/mol. The first-order valence-electron chi connectivity index (χ1n) is 9.66. The standard InChI is InChI=1S/C19H25F2N3O2S/c1-3-26-15(25)8-14-11-7-12(14)10-24(9-11)17-13-5-4-6-19(20,21)16(13)22-18(23-17)27-2/h11-12,14H,3-10H2,1-2H3. The van der Waals surface area contributed by atoms with Crippen molar-refractivity contribution < 1.29 is 18.3 Å². The Bertz CT molecular complexity index is 734. The lowest BCUT2D eigenvalue weighted by atomic mass is 9.60. The molecule has 5 nitrogen and oxygen atoms in total. The van der Waals surface area contributed by atoms with E-state index in [2.05, 4.69) is 14.9 Å². The first kappa shape index (κ1) is 18.9. The second-order valence-electron chi connectivity index (χ2n) is 7.75. The molecule has 8 heteroatoms. The molecule has 4 aliphatic rings. The fourth-order valence-corrected chi connectivity index (χ4v) is 5.21. The molecule has 2 bridgehead atoms. The first-order valence-corrected chi connectivity index (χ1v) is 10.9. The summed E-state index contributed by atoms with van der Waals surface area (Å²) in [6.45, 7) is 3.76. The molecule has 0 radical (unpaired) electrons. The number of hydrogen-bond acceptors (Lipinski definition) is 6. The van der Waals surface area contributed by atoms with Crippen molar-refractivity contribution in [1.29, 1.82) is 0 Å². The minimum absolute atomic E-state index is 0.0783. The number of halogens is 2. The summed E-state index contributed by atoms with van der Waals surface area (Å²) >= 11 is 1.30. The molecule has 0 amide bonds. The van der Waals surface area contributed by atoms with Gasteiger partial charge in [-0.25, -0.2) is 9.97 Å². The molecule has 3 heterocycles. The number of rotatable bonds is 5. The molecule has 0 spiro atoms. The van der Waals surface area contributed by atoms with Crippen LogP contribution in [-0.4, -0.2) is 41.9 Å². The van der Waals surface area contributed by atoms with E-state index in [0.717, 1.165) is 19.5 Å². The van der Waals surface area contributed by atoms with Gasteiger partial charge in [-0.2, -0.15) is 8.78 Å². The van der Waals surface area contributed by atoms with Crippen LogP contribution < -0.4 is 4.90 Å². The van der Waals surface area contributed by atoms with E-state index in [1.165, 1.54) is 11.8 Å². The number of nitrogens with zero attached hydrogens (tertiary/aromatic N) is 3. The van der Waals surface area contributed by atoms with Crippen molar-refractivity contribution in [3.05, 3.63) is 11.3 Å². The molecule has 2 unspecified atom stereocenters. The van der Waals surface area contributed by atoms with Crippen molar-refractivity contribution in [1.82, 2.24) is 9.97 Å². The summed E-state index contributed by atoms with van der Waals surface area (Å²) in [4.78, 5) is 22.8. The number of fused-ring (bicyclic) bond motifs is 3. The number of carbonyl (C=O) groups excluding carboxylic acids is 1. The predicted octanol–water partition coefficient (Wildman–Crippen LogP) is 3.65. The number of thioether (sulfide) groups is 1. The summed E-state index contributed by atoms with van der Waals surface area (Å²) in [7, 11) is 0. The SMILES string of the molecule is CCOC(=O)CC1C2CC1CN(c1nc(SC)nc3c1CCCC3(F)F)C2. The third-order valence-electron chi connectivity index (χ3n) is 6.14. The van der Waals surface area contributed by atoms with Crippen LogP contribution in [0.2, 0.25) is 0 Å². The van der Waals surface area contributed by atoms with Crippen LogP contribution in [0.4, 0.5) is 14.6 Å². The topological polar surface area (TPSA) is 55.3 Å². The number of aromatic nitrogens is 2. The zero-order valence-electron chi connectivity index (χ0n) is 15.7. The fraction of sp³-hybridized carbons (Fsp3) is 0.737. The van der Waals surface area contributed by atoms with E-state index in [0.29, 0.717) is 60.2 Å². The molecule has 1 aromatic heterocycles. The molecular formula is C19H25F2N3O2S. The van der Waals surface area contributed by atoms with Crippen molar-refractivity contribution in [2.24, 2.45) is 17.8 Å². The summed E-state index contributed by atoms with van der Waals surface area (Å²) in [5, 5.41) is 0.410. The highest BCUT2D eigenvalue weighted by atomic mass is 32.2. The average Bonchev–Trinajstić information content (AvgIpc) is 2.65. The molecule has 27 heavy (non-hydrogen) atoms. The van der Waals surface area contributed by atoms with Crippen LogP contribution in [0.5, 0.6) is 0 Å². The number of anilines is 1. The number of carbonyl (C=O) groups is 1. The molecule has 1 saturated carbocycles. The smallest absolute Gasteiger partial charge is 0.306 e. The van der Waals surface area contributed by atoms with Gasteiger partial charge in [0.05, 0.1) is 6.61 Å². The Morgan fingerprint density at radius 2 is 2.07 bits per heavy atom. The van der Waals surface area contributed by atoms with E-state index in [1.807, 2.05) is 13.2 Å². The van der Waals surface area contributed by atoms with Crippen LogP contribution in [0.25, 0.3) is 0 Å².